The SMILES string of the molecule is Cc1nn(C)c(C)c1C1CCCN1c1ccnc(C(F)(F)F)c1. The van der Waals surface area contributed by atoms with Crippen molar-refractivity contribution < 1.29 is 13.2 Å². The van der Waals surface area contributed by atoms with Crippen molar-refractivity contribution in [1.29, 1.82) is 0 Å². The molecule has 0 N–H and O–H groups in total. The molecule has 23 heavy (non-hydrogen) atoms. The van der Waals surface area contributed by atoms with E-state index in [-0.39, 0.29) is 6.04 Å². The molecule has 2 aromatic rings. The zero-order valence-corrected chi connectivity index (χ0v) is 13.4. The fourth-order valence-corrected chi connectivity index (χ4v) is 3.40. The molecule has 0 spiro atoms. The number of nitrogens with zero attached hydrogens (tertiary/aromatic N) is 4. The number of hydrogen-bond donors (Lipinski definition) is 0. The molecule has 124 valence electrons. The van der Waals surface area contributed by atoms with Gasteiger partial charge in [0.2, 0.25) is 0 Å². The molecule has 3 heterocycles. The summed E-state index contributed by atoms with van der Waals surface area (Å²) in [5.41, 5.74) is 2.84. The fourth-order valence-electron chi connectivity index (χ4n) is 3.40. The molecule has 1 fully saturated rings. The second-order valence-corrected chi connectivity index (χ2v) is 5.96. The van der Waals surface area contributed by atoms with Crippen LogP contribution in [0.4, 0.5) is 18.9 Å². The second-order valence-electron chi connectivity index (χ2n) is 5.96. The first-order valence-electron chi connectivity index (χ1n) is 7.59. The first-order valence-corrected chi connectivity index (χ1v) is 7.59. The van der Waals surface area contributed by atoms with E-state index in [4.69, 9.17) is 0 Å². The number of aromatic nitrogens is 3. The van der Waals surface area contributed by atoms with E-state index in [1.165, 1.54) is 6.20 Å². The van der Waals surface area contributed by atoms with Crippen LogP contribution in [-0.4, -0.2) is 21.3 Å². The Hall–Kier alpha value is -2.05. The van der Waals surface area contributed by atoms with Gasteiger partial charge in [-0.15, -0.1) is 0 Å². The summed E-state index contributed by atoms with van der Waals surface area (Å²) in [7, 11) is 1.89. The third-order valence-corrected chi connectivity index (χ3v) is 4.52. The van der Waals surface area contributed by atoms with Crippen LogP contribution in [-0.2, 0) is 13.2 Å². The highest BCUT2D eigenvalue weighted by atomic mass is 19.4. The number of rotatable bonds is 2. The quantitative estimate of drug-likeness (QED) is 0.843. The first-order chi connectivity index (χ1) is 10.8. The maximum Gasteiger partial charge on any atom is 0.433 e. The van der Waals surface area contributed by atoms with Crippen molar-refractivity contribution in [3.63, 3.8) is 0 Å². The predicted octanol–water partition coefficient (Wildman–Crippen LogP) is 3.79. The highest BCUT2D eigenvalue weighted by molar-refractivity contribution is 5.51. The molecule has 0 amide bonds. The van der Waals surface area contributed by atoms with Crippen LogP contribution in [0.1, 0.15) is 41.5 Å². The Kier molecular flexibility index (Phi) is 3.82. The van der Waals surface area contributed by atoms with E-state index in [0.717, 1.165) is 42.4 Å². The zero-order chi connectivity index (χ0) is 16.8. The molecule has 1 aliphatic rings. The molecule has 0 bridgehead atoms. The van der Waals surface area contributed by atoms with Gasteiger partial charge in [0.15, 0.2) is 0 Å². The molecule has 4 nitrogen and oxygen atoms in total. The zero-order valence-electron chi connectivity index (χ0n) is 13.4. The maximum atomic E-state index is 12.9. The van der Waals surface area contributed by atoms with Gasteiger partial charge in [0.05, 0.1) is 11.7 Å². The summed E-state index contributed by atoms with van der Waals surface area (Å²) in [5, 5.41) is 4.44. The average molecular weight is 324 g/mol. The number of hydrogen-bond acceptors (Lipinski definition) is 3. The molecule has 2 aromatic heterocycles. The minimum atomic E-state index is -4.43. The molecule has 3 rings (SSSR count). The third-order valence-electron chi connectivity index (χ3n) is 4.52. The Morgan fingerprint density at radius 3 is 2.61 bits per heavy atom. The average Bonchev–Trinajstić information content (AvgIpc) is 3.04. The summed E-state index contributed by atoms with van der Waals surface area (Å²) in [5.74, 6) is 0. The summed E-state index contributed by atoms with van der Waals surface area (Å²) >= 11 is 0. The molecule has 1 saturated heterocycles. The predicted molar refractivity (Wildman–Crippen MR) is 81.2 cm³/mol. The molecular formula is C16H19F3N4. The van der Waals surface area contributed by atoms with E-state index in [0.29, 0.717) is 5.69 Å². The van der Waals surface area contributed by atoms with Crippen molar-refractivity contribution in [2.75, 3.05) is 11.4 Å². The molecule has 7 heteroatoms. The highest BCUT2D eigenvalue weighted by Gasteiger charge is 2.35. The van der Waals surface area contributed by atoms with Crippen LogP contribution in [0, 0.1) is 13.8 Å². The Morgan fingerprint density at radius 2 is 2.00 bits per heavy atom. The summed E-state index contributed by atoms with van der Waals surface area (Å²) in [4.78, 5) is 5.49. The molecule has 0 radical (unpaired) electrons. The van der Waals surface area contributed by atoms with E-state index in [9.17, 15) is 13.2 Å². The van der Waals surface area contributed by atoms with E-state index in [1.54, 1.807) is 6.07 Å². The number of aryl methyl sites for hydroxylation is 2. The van der Waals surface area contributed by atoms with Crippen molar-refractivity contribution in [3.8, 4) is 0 Å². The van der Waals surface area contributed by atoms with Crippen molar-refractivity contribution in [3.05, 3.63) is 41.0 Å². The molecule has 0 aromatic carbocycles. The lowest BCUT2D eigenvalue weighted by Crippen LogP contribution is -2.24. The van der Waals surface area contributed by atoms with Crippen LogP contribution in [0.25, 0.3) is 0 Å². The molecule has 1 unspecified atom stereocenters. The van der Waals surface area contributed by atoms with Crippen LogP contribution in [0.2, 0.25) is 0 Å². The standard InChI is InChI=1S/C16H19F3N4/c1-10-15(11(2)22(3)21-10)13-5-4-8-23(13)12-6-7-20-14(9-12)16(17,18)19/h6-7,9,13H,4-5,8H2,1-3H3. The van der Waals surface area contributed by atoms with E-state index < -0.39 is 11.9 Å². The third kappa shape index (κ3) is 2.80. The van der Waals surface area contributed by atoms with Crippen molar-refractivity contribution in [2.45, 2.75) is 38.9 Å². The lowest BCUT2D eigenvalue weighted by atomic mass is 10.0. The summed E-state index contributed by atoms with van der Waals surface area (Å²) in [6.07, 6.45) is -1.33. The van der Waals surface area contributed by atoms with Gasteiger partial charge in [-0.05, 0) is 38.8 Å². The molecule has 1 aliphatic heterocycles. The second kappa shape index (κ2) is 5.54. The van der Waals surface area contributed by atoms with Gasteiger partial charge in [0.1, 0.15) is 5.69 Å². The van der Waals surface area contributed by atoms with Crippen molar-refractivity contribution in [2.24, 2.45) is 7.05 Å². The Bertz CT molecular complexity index is 721. The van der Waals surface area contributed by atoms with Crippen LogP contribution >= 0.6 is 0 Å². The highest BCUT2D eigenvalue weighted by Crippen LogP contribution is 2.39. The van der Waals surface area contributed by atoms with Gasteiger partial charge in [-0.25, -0.2) is 0 Å². The van der Waals surface area contributed by atoms with Crippen LogP contribution < -0.4 is 4.90 Å². The van der Waals surface area contributed by atoms with Crippen LogP contribution in [0.3, 0.4) is 0 Å². The molecule has 0 saturated carbocycles. The van der Waals surface area contributed by atoms with Gasteiger partial charge in [0, 0.05) is 36.7 Å². The summed E-state index contributed by atoms with van der Waals surface area (Å²) in [6, 6.07) is 2.85. The van der Waals surface area contributed by atoms with Crippen LogP contribution in [0.15, 0.2) is 18.3 Å². The number of pyridine rings is 1. The lowest BCUT2D eigenvalue weighted by Gasteiger charge is -2.28. The number of halogens is 3. The van der Waals surface area contributed by atoms with Crippen molar-refractivity contribution in [1.82, 2.24) is 14.8 Å². The molecular weight excluding hydrogens is 305 g/mol. The smallest absolute Gasteiger partial charge is 0.364 e. The maximum absolute atomic E-state index is 12.9. The van der Waals surface area contributed by atoms with Gasteiger partial charge >= 0.3 is 6.18 Å². The fraction of sp³-hybridized carbons (Fsp3) is 0.500. The van der Waals surface area contributed by atoms with Gasteiger partial charge < -0.3 is 4.90 Å². The van der Waals surface area contributed by atoms with Gasteiger partial charge in [-0.3, -0.25) is 9.67 Å². The number of alkyl halides is 3. The first kappa shape index (κ1) is 15.8. The molecule has 1 atom stereocenters. The van der Waals surface area contributed by atoms with E-state index in [1.807, 2.05) is 30.5 Å². The van der Waals surface area contributed by atoms with E-state index >= 15 is 0 Å². The topological polar surface area (TPSA) is 34.0 Å². The van der Waals surface area contributed by atoms with E-state index in [2.05, 4.69) is 10.1 Å². The summed E-state index contributed by atoms with van der Waals surface area (Å²) < 4.78 is 40.6. The van der Waals surface area contributed by atoms with Gasteiger partial charge in [-0.1, -0.05) is 0 Å². The monoisotopic (exact) mass is 324 g/mol. The Labute approximate surface area is 132 Å². The van der Waals surface area contributed by atoms with Crippen molar-refractivity contribution >= 4 is 5.69 Å². The summed E-state index contributed by atoms with van der Waals surface area (Å²) in [6.45, 7) is 4.69. The normalized spacial score (nSPS) is 18.7. The number of anilines is 1. The largest absolute Gasteiger partial charge is 0.433 e. The van der Waals surface area contributed by atoms with Gasteiger partial charge in [-0.2, -0.15) is 18.3 Å². The minimum Gasteiger partial charge on any atom is -0.364 e. The minimum absolute atomic E-state index is 0.0622. The van der Waals surface area contributed by atoms with Crippen LogP contribution in [0.5, 0.6) is 0 Å². The molecule has 0 aliphatic carbocycles. The Morgan fingerprint density at radius 1 is 1.26 bits per heavy atom. The lowest BCUT2D eigenvalue weighted by molar-refractivity contribution is -0.141. The van der Waals surface area contributed by atoms with Gasteiger partial charge in [0.25, 0.3) is 0 Å². The Balaban J connectivity index is 1.99.